The average Bonchev–Trinajstić information content (AvgIpc) is 2.68. The molecule has 0 unspecified atom stereocenters. The van der Waals surface area contributed by atoms with E-state index in [1.54, 1.807) is 31.4 Å². The number of rotatable bonds is 8. The van der Waals surface area contributed by atoms with E-state index in [2.05, 4.69) is 10.5 Å². The Morgan fingerprint density at radius 3 is 2.33 bits per heavy atom. The minimum absolute atomic E-state index is 0.0672. The summed E-state index contributed by atoms with van der Waals surface area (Å²) < 4.78 is 15.2. The molecule has 0 aliphatic rings. The zero-order chi connectivity index (χ0) is 19.8. The molecule has 0 saturated heterocycles. The molecule has 0 saturated carbocycles. The monoisotopic (exact) mass is 373 g/mol. The molecular weight excluding hydrogens is 354 g/mol. The molecule has 0 bridgehead atoms. The van der Waals surface area contributed by atoms with Gasteiger partial charge in [0.2, 0.25) is 11.7 Å². The van der Waals surface area contributed by atoms with Gasteiger partial charge in [0, 0.05) is 17.7 Å². The predicted molar refractivity (Wildman–Crippen MR) is 98.6 cm³/mol. The maximum absolute atomic E-state index is 12.0. The molecule has 0 atom stereocenters. The van der Waals surface area contributed by atoms with Crippen LogP contribution in [0.5, 0.6) is 17.2 Å². The van der Waals surface area contributed by atoms with Crippen LogP contribution in [-0.2, 0) is 11.2 Å². The molecule has 0 spiro atoms. The first-order chi connectivity index (χ1) is 13.0. The van der Waals surface area contributed by atoms with Crippen molar-refractivity contribution in [2.75, 3.05) is 21.3 Å². The smallest absolute Gasteiger partial charge is 0.311 e. The first-order valence-corrected chi connectivity index (χ1v) is 7.83. The van der Waals surface area contributed by atoms with E-state index < -0.39 is 4.92 Å². The summed E-state index contributed by atoms with van der Waals surface area (Å²) in [5.41, 5.74) is 3.27. The lowest BCUT2D eigenvalue weighted by Gasteiger charge is -2.08. The minimum atomic E-state index is -0.572. The maximum atomic E-state index is 12.0. The lowest BCUT2D eigenvalue weighted by atomic mass is 10.1. The van der Waals surface area contributed by atoms with Crippen molar-refractivity contribution >= 4 is 17.8 Å². The van der Waals surface area contributed by atoms with Crippen LogP contribution >= 0.6 is 0 Å². The Hall–Kier alpha value is -3.62. The molecular formula is C18H19N3O6. The Kier molecular flexibility index (Phi) is 6.70. The van der Waals surface area contributed by atoms with Crippen molar-refractivity contribution in [2.45, 2.75) is 6.42 Å². The third-order valence-electron chi connectivity index (χ3n) is 3.64. The lowest BCUT2D eigenvalue weighted by molar-refractivity contribution is -0.385. The van der Waals surface area contributed by atoms with Gasteiger partial charge in [-0.1, -0.05) is 12.1 Å². The van der Waals surface area contributed by atoms with Gasteiger partial charge in [-0.25, -0.2) is 5.43 Å². The second-order valence-electron chi connectivity index (χ2n) is 5.34. The Labute approximate surface area is 155 Å². The van der Waals surface area contributed by atoms with Gasteiger partial charge in [-0.05, 0) is 17.7 Å². The van der Waals surface area contributed by atoms with Gasteiger partial charge in [0.1, 0.15) is 11.5 Å². The molecule has 9 heteroatoms. The Morgan fingerprint density at radius 1 is 1.11 bits per heavy atom. The van der Waals surface area contributed by atoms with Crippen molar-refractivity contribution in [3.05, 3.63) is 57.6 Å². The third kappa shape index (κ3) is 5.18. The van der Waals surface area contributed by atoms with E-state index in [4.69, 9.17) is 14.2 Å². The molecule has 1 N–H and O–H groups in total. The number of nitrogens with zero attached hydrogens (tertiary/aromatic N) is 2. The van der Waals surface area contributed by atoms with Crippen LogP contribution < -0.4 is 19.6 Å². The fourth-order valence-corrected chi connectivity index (χ4v) is 2.29. The quantitative estimate of drug-likeness (QED) is 0.432. The molecule has 2 aromatic rings. The third-order valence-corrected chi connectivity index (χ3v) is 3.64. The number of methoxy groups -OCH3 is 3. The summed E-state index contributed by atoms with van der Waals surface area (Å²) in [6.07, 6.45) is 1.40. The summed E-state index contributed by atoms with van der Waals surface area (Å²) in [6.45, 7) is 0. The summed E-state index contributed by atoms with van der Waals surface area (Å²) in [4.78, 5) is 22.5. The SMILES string of the molecule is COc1ccc(CC(=O)N/N=C\c2cc([N+](=O)[O-])c(OC)cc2OC)cc1. The summed E-state index contributed by atoms with van der Waals surface area (Å²) in [5.74, 6) is 0.756. The largest absolute Gasteiger partial charge is 0.497 e. The number of amides is 1. The number of hydrazone groups is 1. The molecule has 27 heavy (non-hydrogen) atoms. The number of hydrogen-bond donors (Lipinski definition) is 1. The highest BCUT2D eigenvalue weighted by Gasteiger charge is 2.18. The van der Waals surface area contributed by atoms with Gasteiger partial charge in [-0.3, -0.25) is 14.9 Å². The van der Waals surface area contributed by atoms with E-state index in [1.165, 1.54) is 32.6 Å². The first kappa shape index (κ1) is 19.7. The van der Waals surface area contributed by atoms with Crippen LogP contribution in [0, 0.1) is 10.1 Å². The predicted octanol–water partition coefficient (Wildman–Crippen LogP) is 2.31. The molecule has 0 fully saturated rings. The number of ether oxygens (including phenoxy) is 3. The zero-order valence-electron chi connectivity index (χ0n) is 15.1. The summed E-state index contributed by atoms with van der Waals surface area (Å²) in [5, 5.41) is 15.0. The average molecular weight is 373 g/mol. The number of nitro groups is 1. The Morgan fingerprint density at radius 2 is 1.78 bits per heavy atom. The van der Waals surface area contributed by atoms with Gasteiger partial charge in [0.25, 0.3) is 0 Å². The van der Waals surface area contributed by atoms with E-state index in [1.807, 2.05) is 0 Å². The normalized spacial score (nSPS) is 10.5. The molecule has 0 aliphatic carbocycles. The number of hydrogen-bond acceptors (Lipinski definition) is 7. The van der Waals surface area contributed by atoms with Gasteiger partial charge in [0.15, 0.2) is 0 Å². The van der Waals surface area contributed by atoms with Crippen molar-refractivity contribution < 1.29 is 23.9 Å². The fraction of sp³-hybridized carbons (Fsp3) is 0.222. The molecule has 0 aromatic heterocycles. The van der Waals surface area contributed by atoms with E-state index in [0.29, 0.717) is 17.1 Å². The zero-order valence-corrected chi connectivity index (χ0v) is 15.1. The Balaban J connectivity index is 2.08. The summed E-state index contributed by atoms with van der Waals surface area (Å²) in [7, 11) is 4.31. The second kappa shape index (κ2) is 9.18. The van der Waals surface area contributed by atoms with Gasteiger partial charge in [-0.2, -0.15) is 5.10 Å². The fourth-order valence-electron chi connectivity index (χ4n) is 2.29. The number of carbonyl (C=O) groups excluding carboxylic acids is 1. The lowest BCUT2D eigenvalue weighted by Crippen LogP contribution is -2.19. The van der Waals surface area contributed by atoms with Crippen LogP contribution in [0.3, 0.4) is 0 Å². The van der Waals surface area contributed by atoms with Crippen LogP contribution in [0.4, 0.5) is 5.69 Å². The van der Waals surface area contributed by atoms with E-state index >= 15 is 0 Å². The highest BCUT2D eigenvalue weighted by Crippen LogP contribution is 2.33. The van der Waals surface area contributed by atoms with Gasteiger partial charge in [0.05, 0.1) is 38.9 Å². The number of nitrogens with one attached hydrogen (secondary N) is 1. The molecule has 1 amide bonds. The highest BCUT2D eigenvalue weighted by atomic mass is 16.6. The van der Waals surface area contributed by atoms with E-state index in [-0.39, 0.29) is 23.8 Å². The molecule has 2 rings (SSSR count). The maximum Gasteiger partial charge on any atom is 0.311 e. The number of benzene rings is 2. The molecule has 142 valence electrons. The summed E-state index contributed by atoms with van der Waals surface area (Å²) in [6, 6.07) is 9.71. The first-order valence-electron chi connectivity index (χ1n) is 7.83. The van der Waals surface area contributed by atoms with Crippen molar-refractivity contribution in [1.29, 1.82) is 0 Å². The number of nitro benzene ring substituents is 1. The van der Waals surface area contributed by atoms with Gasteiger partial charge in [-0.15, -0.1) is 0 Å². The van der Waals surface area contributed by atoms with Crippen molar-refractivity contribution in [3.63, 3.8) is 0 Å². The van der Waals surface area contributed by atoms with Gasteiger partial charge >= 0.3 is 5.69 Å². The van der Waals surface area contributed by atoms with Crippen molar-refractivity contribution in [1.82, 2.24) is 5.43 Å². The van der Waals surface area contributed by atoms with Crippen molar-refractivity contribution in [2.24, 2.45) is 5.10 Å². The molecule has 0 radical (unpaired) electrons. The number of carbonyl (C=O) groups is 1. The van der Waals surface area contributed by atoms with Crippen LogP contribution in [0.1, 0.15) is 11.1 Å². The van der Waals surface area contributed by atoms with Crippen LogP contribution in [0.2, 0.25) is 0 Å². The molecule has 0 aliphatic heterocycles. The summed E-state index contributed by atoms with van der Waals surface area (Å²) >= 11 is 0. The minimum Gasteiger partial charge on any atom is -0.497 e. The second-order valence-corrected chi connectivity index (χ2v) is 5.34. The molecule has 0 heterocycles. The molecule has 2 aromatic carbocycles. The Bertz CT molecular complexity index is 849. The van der Waals surface area contributed by atoms with Crippen LogP contribution in [-0.4, -0.2) is 38.4 Å². The van der Waals surface area contributed by atoms with Crippen molar-refractivity contribution in [3.8, 4) is 17.2 Å². The topological polar surface area (TPSA) is 112 Å². The molecule has 9 nitrogen and oxygen atoms in total. The van der Waals surface area contributed by atoms with Crippen LogP contribution in [0.25, 0.3) is 0 Å². The standard InChI is InChI=1S/C18H19N3O6/c1-25-14-6-4-12(5-7-14)8-18(22)20-19-11-13-9-15(21(23)24)17(27-3)10-16(13)26-2/h4-7,9-11H,8H2,1-3H3,(H,20,22)/b19-11-. The van der Waals surface area contributed by atoms with E-state index in [0.717, 1.165) is 5.56 Å². The van der Waals surface area contributed by atoms with Gasteiger partial charge < -0.3 is 14.2 Å². The van der Waals surface area contributed by atoms with Crippen LogP contribution in [0.15, 0.2) is 41.5 Å². The van der Waals surface area contributed by atoms with E-state index in [9.17, 15) is 14.9 Å². The highest BCUT2D eigenvalue weighted by molar-refractivity contribution is 5.87.